The molecule has 0 amide bonds. The van der Waals surface area contributed by atoms with Crippen molar-refractivity contribution in [2.75, 3.05) is 0 Å². The van der Waals surface area contributed by atoms with Crippen molar-refractivity contribution >= 4 is 5.97 Å². The van der Waals surface area contributed by atoms with E-state index in [-0.39, 0.29) is 5.56 Å². The van der Waals surface area contributed by atoms with Crippen LogP contribution in [0.3, 0.4) is 0 Å². The quantitative estimate of drug-likeness (QED) is 0.866. The number of carboxylic acid groups (broad SMARTS) is 1. The third-order valence-electron chi connectivity index (χ3n) is 3.18. The Balaban J connectivity index is 2.08. The second-order valence-corrected chi connectivity index (χ2v) is 4.49. The number of hydrogen-bond acceptors (Lipinski definition) is 3. The Bertz CT molecular complexity index is 554. The van der Waals surface area contributed by atoms with Gasteiger partial charge in [-0.25, -0.2) is 4.79 Å². The van der Waals surface area contributed by atoms with Crippen LogP contribution in [0.2, 0.25) is 0 Å². The van der Waals surface area contributed by atoms with Gasteiger partial charge in [-0.2, -0.15) is 10.2 Å². The first-order valence-corrected chi connectivity index (χ1v) is 6.43. The lowest BCUT2D eigenvalue weighted by Crippen LogP contribution is -2.09. The lowest BCUT2D eigenvalue weighted by Gasteiger charge is -2.12. The minimum absolute atomic E-state index is 0.194. The van der Waals surface area contributed by atoms with Crippen LogP contribution in [-0.4, -0.2) is 30.6 Å². The zero-order valence-corrected chi connectivity index (χ0v) is 11.2. The van der Waals surface area contributed by atoms with Crippen molar-refractivity contribution in [3.8, 4) is 0 Å². The molecule has 0 bridgehead atoms. The van der Waals surface area contributed by atoms with Crippen LogP contribution < -0.4 is 0 Å². The van der Waals surface area contributed by atoms with E-state index >= 15 is 0 Å². The standard InChI is InChI=1S/C13H18N4O2/c1-3-12(4-2)17-6-5-11(15-17)9-16-8-10(7-14-16)13(18)19/h5-8,12H,3-4,9H2,1-2H3,(H,18,19). The molecule has 0 saturated carbocycles. The molecule has 0 radical (unpaired) electrons. The SMILES string of the molecule is CCC(CC)n1ccc(Cn2cc(C(=O)O)cn2)n1. The van der Waals surface area contributed by atoms with E-state index in [1.807, 2.05) is 16.9 Å². The van der Waals surface area contributed by atoms with E-state index in [0.717, 1.165) is 18.5 Å². The summed E-state index contributed by atoms with van der Waals surface area (Å²) in [6, 6.07) is 2.36. The summed E-state index contributed by atoms with van der Waals surface area (Å²) >= 11 is 0. The average Bonchev–Trinajstić information content (AvgIpc) is 3.01. The van der Waals surface area contributed by atoms with Gasteiger partial charge in [0.05, 0.1) is 30.0 Å². The molecule has 2 heterocycles. The van der Waals surface area contributed by atoms with Crippen molar-refractivity contribution in [2.24, 2.45) is 0 Å². The second-order valence-electron chi connectivity index (χ2n) is 4.49. The minimum Gasteiger partial charge on any atom is -0.478 e. The van der Waals surface area contributed by atoms with Crippen molar-refractivity contribution in [3.63, 3.8) is 0 Å². The number of carbonyl (C=O) groups is 1. The van der Waals surface area contributed by atoms with Crippen LogP contribution in [0.5, 0.6) is 0 Å². The number of aromatic nitrogens is 4. The van der Waals surface area contributed by atoms with Crippen LogP contribution in [0.15, 0.2) is 24.7 Å². The molecule has 0 aromatic carbocycles. The Morgan fingerprint density at radius 3 is 2.74 bits per heavy atom. The van der Waals surface area contributed by atoms with E-state index < -0.39 is 5.97 Å². The van der Waals surface area contributed by atoms with E-state index in [9.17, 15) is 4.79 Å². The highest BCUT2D eigenvalue weighted by molar-refractivity contribution is 5.86. The Hall–Kier alpha value is -2.11. The summed E-state index contributed by atoms with van der Waals surface area (Å²) in [7, 11) is 0. The molecule has 6 heteroatoms. The molecule has 0 spiro atoms. The molecule has 0 fully saturated rings. The average molecular weight is 262 g/mol. The fraction of sp³-hybridized carbons (Fsp3) is 0.462. The minimum atomic E-state index is -0.964. The Labute approximate surface area is 111 Å². The maximum Gasteiger partial charge on any atom is 0.338 e. The smallest absolute Gasteiger partial charge is 0.338 e. The number of nitrogens with zero attached hydrogens (tertiary/aromatic N) is 4. The highest BCUT2D eigenvalue weighted by Gasteiger charge is 2.10. The van der Waals surface area contributed by atoms with E-state index in [1.54, 1.807) is 4.68 Å². The Morgan fingerprint density at radius 1 is 1.42 bits per heavy atom. The van der Waals surface area contributed by atoms with Crippen molar-refractivity contribution in [2.45, 2.75) is 39.3 Å². The van der Waals surface area contributed by atoms with Gasteiger partial charge in [-0.15, -0.1) is 0 Å². The molecule has 1 N–H and O–H groups in total. The Morgan fingerprint density at radius 2 is 2.16 bits per heavy atom. The summed E-state index contributed by atoms with van der Waals surface area (Å²) in [5.41, 5.74) is 1.08. The van der Waals surface area contributed by atoms with Crippen LogP contribution in [-0.2, 0) is 6.54 Å². The van der Waals surface area contributed by atoms with Gasteiger partial charge >= 0.3 is 5.97 Å². The summed E-state index contributed by atoms with van der Waals surface area (Å²) in [5.74, 6) is -0.964. The fourth-order valence-corrected chi connectivity index (χ4v) is 2.05. The normalized spacial score (nSPS) is 11.1. The van der Waals surface area contributed by atoms with E-state index in [2.05, 4.69) is 24.0 Å². The largest absolute Gasteiger partial charge is 0.478 e. The van der Waals surface area contributed by atoms with Crippen LogP contribution in [0.1, 0.15) is 48.8 Å². The maximum atomic E-state index is 10.8. The zero-order valence-electron chi connectivity index (χ0n) is 11.2. The molecule has 6 nitrogen and oxygen atoms in total. The van der Waals surface area contributed by atoms with Crippen molar-refractivity contribution in [3.05, 3.63) is 35.9 Å². The third kappa shape index (κ3) is 3.01. The number of hydrogen-bond donors (Lipinski definition) is 1. The van der Waals surface area contributed by atoms with Gasteiger partial charge in [0, 0.05) is 12.4 Å². The van der Waals surface area contributed by atoms with Gasteiger partial charge < -0.3 is 5.11 Å². The highest BCUT2D eigenvalue weighted by Crippen LogP contribution is 2.14. The van der Waals surface area contributed by atoms with Gasteiger partial charge in [0.2, 0.25) is 0 Å². The third-order valence-corrected chi connectivity index (χ3v) is 3.18. The van der Waals surface area contributed by atoms with Crippen molar-refractivity contribution < 1.29 is 9.90 Å². The van der Waals surface area contributed by atoms with Crippen LogP contribution >= 0.6 is 0 Å². The molecule has 0 unspecified atom stereocenters. The molecule has 102 valence electrons. The molecule has 0 aliphatic rings. The molecular formula is C13H18N4O2. The van der Waals surface area contributed by atoms with Crippen LogP contribution in [0, 0.1) is 0 Å². The number of rotatable bonds is 6. The van der Waals surface area contributed by atoms with Gasteiger partial charge in [0.1, 0.15) is 0 Å². The fourth-order valence-electron chi connectivity index (χ4n) is 2.05. The van der Waals surface area contributed by atoms with Gasteiger partial charge in [-0.05, 0) is 18.9 Å². The first-order chi connectivity index (χ1) is 9.13. The zero-order chi connectivity index (χ0) is 13.8. The number of aromatic carboxylic acids is 1. The molecule has 2 rings (SSSR count). The molecule has 0 saturated heterocycles. The molecule has 0 atom stereocenters. The van der Waals surface area contributed by atoms with Crippen LogP contribution in [0.25, 0.3) is 0 Å². The number of carboxylic acids is 1. The van der Waals surface area contributed by atoms with Gasteiger partial charge in [-0.1, -0.05) is 13.8 Å². The molecular weight excluding hydrogens is 244 g/mol. The van der Waals surface area contributed by atoms with Crippen LogP contribution in [0.4, 0.5) is 0 Å². The lowest BCUT2D eigenvalue weighted by atomic mass is 10.2. The van der Waals surface area contributed by atoms with Gasteiger partial charge in [0.25, 0.3) is 0 Å². The highest BCUT2D eigenvalue weighted by atomic mass is 16.4. The van der Waals surface area contributed by atoms with Crippen molar-refractivity contribution in [1.29, 1.82) is 0 Å². The topological polar surface area (TPSA) is 72.9 Å². The summed E-state index contributed by atoms with van der Waals surface area (Å²) in [4.78, 5) is 10.8. The van der Waals surface area contributed by atoms with E-state index in [4.69, 9.17) is 5.11 Å². The predicted octanol–water partition coefficient (Wildman–Crippen LogP) is 2.19. The summed E-state index contributed by atoms with van der Waals surface area (Å²) in [6.45, 7) is 4.77. The molecule has 19 heavy (non-hydrogen) atoms. The van der Waals surface area contributed by atoms with Gasteiger partial charge in [-0.3, -0.25) is 9.36 Å². The summed E-state index contributed by atoms with van der Waals surface area (Å²) in [6.07, 6.45) is 6.92. The Kier molecular flexibility index (Phi) is 3.99. The first-order valence-electron chi connectivity index (χ1n) is 6.43. The molecule has 2 aromatic rings. The van der Waals surface area contributed by atoms with E-state index in [0.29, 0.717) is 12.6 Å². The van der Waals surface area contributed by atoms with E-state index in [1.165, 1.54) is 12.4 Å². The maximum absolute atomic E-state index is 10.8. The molecule has 0 aliphatic heterocycles. The summed E-state index contributed by atoms with van der Waals surface area (Å²) in [5, 5.41) is 17.4. The monoisotopic (exact) mass is 262 g/mol. The predicted molar refractivity (Wildman–Crippen MR) is 70.1 cm³/mol. The van der Waals surface area contributed by atoms with Crippen molar-refractivity contribution in [1.82, 2.24) is 19.6 Å². The van der Waals surface area contributed by atoms with Gasteiger partial charge in [0.15, 0.2) is 0 Å². The summed E-state index contributed by atoms with van der Waals surface area (Å²) < 4.78 is 3.56. The molecule has 0 aliphatic carbocycles. The first kappa shape index (κ1) is 13.3. The lowest BCUT2D eigenvalue weighted by molar-refractivity contribution is 0.0697. The molecule has 2 aromatic heterocycles. The second kappa shape index (κ2) is 5.69.